The van der Waals surface area contributed by atoms with Crippen LogP contribution < -0.4 is 10.2 Å². The van der Waals surface area contributed by atoms with E-state index >= 15 is 0 Å². The number of hydrogen-bond donors (Lipinski definition) is 1. The van der Waals surface area contributed by atoms with Crippen LogP contribution in [0.2, 0.25) is 0 Å². The van der Waals surface area contributed by atoms with Crippen molar-refractivity contribution in [3.05, 3.63) is 24.4 Å². The highest BCUT2D eigenvalue weighted by Crippen LogP contribution is 2.22. The molecule has 2 aliphatic heterocycles. The molecule has 1 aromatic heterocycles. The quantitative estimate of drug-likeness (QED) is 0.899. The van der Waals surface area contributed by atoms with Gasteiger partial charge in [0.1, 0.15) is 5.82 Å². The van der Waals surface area contributed by atoms with Crippen molar-refractivity contribution in [2.45, 2.75) is 32.1 Å². The number of anilines is 1. The molecule has 24 heavy (non-hydrogen) atoms. The van der Waals surface area contributed by atoms with Crippen LogP contribution in [0.5, 0.6) is 0 Å². The summed E-state index contributed by atoms with van der Waals surface area (Å²) in [5, 5.41) is 3.18. The summed E-state index contributed by atoms with van der Waals surface area (Å²) in [5.74, 6) is 2.08. The van der Waals surface area contributed by atoms with Gasteiger partial charge in [0.2, 0.25) is 5.91 Å². The number of hydrogen-bond acceptors (Lipinski definition) is 4. The first-order valence-corrected chi connectivity index (χ1v) is 9.34. The Bertz CT molecular complexity index is 513. The highest BCUT2D eigenvalue weighted by atomic mass is 16.1. The fourth-order valence-corrected chi connectivity index (χ4v) is 3.83. The predicted molar refractivity (Wildman–Crippen MR) is 97.0 cm³/mol. The average molecular weight is 330 g/mol. The predicted octanol–water partition coefficient (Wildman–Crippen LogP) is 2.15. The van der Waals surface area contributed by atoms with Crippen molar-refractivity contribution < 1.29 is 4.79 Å². The van der Waals surface area contributed by atoms with E-state index in [0.717, 1.165) is 50.6 Å². The molecular formula is C19H30N4O. The zero-order valence-corrected chi connectivity index (χ0v) is 14.8. The summed E-state index contributed by atoms with van der Waals surface area (Å²) < 4.78 is 0. The Balaban J connectivity index is 1.41. The maximum absolute atomic E-state index is 12.5. The van der Waals surface area contributed by atoms with E-state index in [1.165, 1.54) is 25.9 Å². The molecule has 3 rings (SSSR count). The number of likely N-dealkylation sites (tertiary alicyclic amines) is 1. The van der Waals surface area contributed by atoms with Crippen molar-refractivity contribution >= 4 is 11.7 Å². The number of amides is 1. The van der Waals surface area contributed by atoms with Crippen LogP contribution in [0.1, 0.15) is 32.1 Å². The molecule has 0 spiro atoms. The van der Waals surface area contributed by atoms with Crippen molar-refractivity contribution in [1.82, 2.24) is 15.2 Å². The molecule has 2 fully saturated rings. The van der Waals surface area contributed by atoms with E-state index in [1.807, 2.05) is 24.4 Å². The SMILES string of the molecule is CN1CCC(CCNC(=O)[C@@H]2CCCN(c3ccccn3)C2)CC1. The van der Waals surface area contributed by atoms with Crippen molar-refractivity contribution in [3.63, 3.8) is 0 Å². The Kier molecular flexibility index (Phi) is 6.07. The van der Waals surface area contributed by atoms with E-state index in [4.69, 9.17) is 0 Å². The molecule has 1 atom stereocenters. The molecule has 2 saturated heterocycles. The number of pyridine rings is 1. The molecule has 1 amide bonds. The lowest BCUT2D eigenvalue weighted by molar-refractivity contribution is -0.125. The first-order chi connectivity index (χ1) is 11.7. The maximum atomic E-state index is 12.5. The molecule has 1 aromatic rings. The summed E-state index contributed by atoms with van der Waals surface area (Å²) in [7, 11) is 2.19. The van der Waals surface area contributed by atoms with Gasteiger partial charge in [0.15, 0.2) is 0 Å². The zero-order valence-electron chi connectivity index (χ0n) is 14.8. The van der Waals surface area contributed by atoms with E-state index in [2.05, 4.69) is 27.1 Å². The first kappa shape index (κ1) is 17.2. The third-order valence-electron chi connectivity index (χ3n) is 5.46. The van der Waals surface area contributed by atoms with Gasteiger partial charge in [-0.25, -0.2) is 4.98 Å². The van der Waals surface area contributed by atoms with Gasteiger partial charge in [0, 0.05) is 25.8 Å². The molecule has 0 saturated carbocycles. The fourth-order valence-electron chi connectivity index (χ4n) is 3.83. The summed E-state index contributed by atoms with van der Waals surface area (Å²) in [6.45, 7) is 5.00. The number of nitrogens with one attached hydrogen (secondary N) is 1. The van der Waals surface area contributed by atoms with Crippen LogP contribution in [0.4, 0.5) is 5.82 Å². The molecule has 0 aliphatic carbocycles. The van der Waals surface area contributed by atoms with Crippen LogP contribution in [0, 0.1) is 11.8 Å². The van der Waals surface area contributed by atoms with Crippen molar-refractivity contribution in [2.75, 3.05) is 44.7 Å². The molecule has 3 heterocycles. The van der Waals surface area contributed by atoms with E-state index in [1.54, 1.807) is 0 Å². The van der Waals surface area contributed by atoms with Gasteiger partial charge in [0.05, 0.1) is 5.92 Å². The van der Waals surface area contributed by atoms with E-state index in [9.17, 15) is 4.79 Å². The van der Waals surface area contributed by atoms with Crippen LogP contribution in [0.25, 0.3) is 0 Å². The van der Waals surface area contributed by atoms with Crippen LogP contribution >= 0.6 is 0 Å². The average Bonchev–Trinajstić information content (AvgIpc) is 2.64. The first-order valence-electron chi connectivity index (χ1n) is 9.34. The molecule has 1 N–H and O–H groups in total. The molecular weight excluding hydrogens is 300 g/mol. The number of rotatable bonds is 5. The molecule has 5 heteroatoms. The van der Waals surface area contributed by atoms with Crippen molar-refractivity contribution in [1.29, 1.82) is 0 Å². The van der Waals surface area contributed by atoms with Gasteiger partial charge in [-0.05, 0) is 70.3 Å². The molecule has 0 unspecified atom stereocenters. The number of carbonyl (C=O) groups is 1. The molecule has 0 aromatic carbocycles. The van der Waals surface area contributed by atoms with Gasteiger partial charge in [-0.3, -0.25) is 4.79 Å². The highest BCUT2D eigenvalue weighted by molar-refractivity contribution is 5.79. The third kappa shape index (κ3) is 4.69. The summed E-state index contributed by atoms with van der Waals surface area (Å²) in [4.78, 5) is 21.6. The molecule has 132 valence electrons. The Morgan fingerprint density at radius 2 is 2.08 bits per heavy atom. The van der Waals surface area contributed by atoms with Gasteiger partial charge in [-0.15, -0.1) is 0 Å². The minimum absolute atomic E-state index is 0.0956. The smallest absolute Gasteiger partial charge is 0.224 e. The van der Waals surface area contributed by atoms with Gasteiger partial charge in [-0.1, -0.05) is 6.07 Å². The molecule has 0 bridgehead atoms. The third-order valence-corrected chi connectivity index (χ3v) is 5.46. The lowest BCUT2D eigenvalue weighted by atomic mass is 9.93. The summed E-state index contributed by atoms with van der Waals surface area (Å²) >= 11 is 0. The largest absolute Gasteiger partial charge is 0.356 e. The van der Waals surface area contributed by atoms with E-state index < -0.39 is 0 Å². The number of nitrogens with zero attached hydrogens (tertiary/aromatic N) is 3. The second kappa shape index (κ2) is 8.47. The molecule has 0 radical (unpaired) electrons. The van der Waals surface area contributed by atoms with Crippen LogP contribution in [0.3, 0.4) is 0 Å². The van der Waals surface area contributed by atoms with Crippen molar-refractivity contribution in [2.24, 2.45) is 11.8 Å². The lowest BCUT2D eigenvalue weighted by Crippen LogP contribution is -2.44. The number of aromatic nitrogens is 1. The maximum Gasteiger partial charge on any atom is 0.224 e. The van der Waals surface area contributed by atoms with Crippen molar-refractivity contribution in [3.8, 4) is 0 Å². The monoisotopic (exact) mass is 330 g/mol. The summed E-state index contributed by atoms with van der Waals surface area (Å²) in [6, 6.07) is 5.97. The van der Waals surface area contributed by atoms with Crippen LogP contribution in [0.15, 0.2) is 24.4 Å². The number of piperidine rings is 2. The zero-order chi connectivity index (χ0) is 16.8. The number of carbonyl (C=O) groups excluding carboxylic acids is 1. The Labute approximate surface area is 145 Å². The Hall–Kier alpha value is -1.62. The lowest BCUT2D eigenvalue weighted by Gasteiger charge is -2.33. The topological polar surface area (TPSA) is 48.5 Å². The van der Waals surface area contributed by atoms with Gasteiger partial charge in [-0.2, -0.15) is 0 Å². The fraction of sp³-hybridized carbons (Fsp3) is 0.684. The highest BCUT2D eigenvalue weighted by Gasteiger charge is 2.26. The second-order valence-corrected chi connectivity index (χ2v) is 7.30. The Morgan fingerprint density at radius 3 is 2.83 bits per heavy atom. The van der Waals surface area contributed by atoms with E-state index in [-0.39, 0.29) is 11.8 Å². The summed E-state index contributed by atoms with van der Waals surface area (Å²) in [6.07, 6.45) is 7.52. The minimum Gasteiger partial charge on any atom is -0.356 e. The standard InChI is InChI=1S/C19H30N4O/c1-22-13-8-16(9-14-22)7-11-21-19(24)17-5-4-12-23(15-17)18-6-2-3-10-20-18/h2-3,6,10,16-17H,4-5,7-9,11-15H2,1H3,(H,21,24)/t17-/m1/s1. The second-order valence-electron chi connectivity index (χ2n) is 7.30. The Morgan fingerprint density at radius 1 is 1.25 bits per heavy atom. The van der Waals surface area contributed by atoms with Crippen LogP contribution in [-0.2, 0) is 4.79 Å². The molecule has 5 nitrogen and oxygen atoms in total. The molecule has 2 aliphatic rings. The van der Waals surface area contributed by atoms with Gasteiger partial charge < -0.3 is 15.1 Å². The van der Waals surface area contributed by atoms with E-state index in [0.29, 0.717) is 0 Å². The normalized spacial score (nSPS) is 23.2. The van der Waals surface area contributed by atoms with Gasteiger partial charge in [0.25, 0.3) is 0 Å². The van der Waals surface area contributed by atoms with Gasteiger partial charge >= 0.3 is 0 Å². The minimum atomic E-state index is 0.0956. The summed E-state index contributed by atoms with van der Waals surface area (Å²) in [5.41, 5.74) is 0. The van der Waals surface area contributed by atoms with Crippen LogP contribution in [-0.4, -0.2) is 55.6 Å².